The molecule has 5 nitrogen and oxygen atoms in total. The maximum atomic E-state index is 12.8. The number of hydrogen-bond acceptors (Lipinski definition) is 5. The molecule has 0 amide bonds. The van der Waals surface area contributed by atoms with Gasteiger partial charge in [0, 0.05) is 12.1 Å². The Morgan fingerprint density at radius 2 is 2.11 bits per heavy atom. The molecule has 2 aromatic rings. The number of hydrogen-bond donors (Lipinski definition) is 2. The quantitative estimate of drug-likeness (QED) is 0.838. The zero-order chi connectivity index (χ0) is 12.5. The Labute approximate surface area is 103 Å². The minimum Gasteiger partial charge on any atom is -0.392 e. The summed E-state index contributed by atoms with van der Waals surface area (Å²) in [5.74, 6) is 0.571. The number of rotatable bonds is 2. The van der Waals surface area contributed by atoms with Crippen LogP contribution < -0.4 is 5.32 Å². The first kappa shape index (κ1) is 11.3. The van der Waals surface area contributed by atoms with Crippen molar-refractivity contribution >= 4 is 0 Å². The van der Waals surface area contributed by atoms with Gasteiger partial charge < -0.3 is 14.9 Å². The van der Waals surface area contributed by atoms with E-state index in [1.54, 1.807) is 12.1 Å². The molecule has 1 saturated heterocycles. The first-order valence-corrected chi connectivity index (χ1v) is 5.73. The zero-order valence-electron chi connectivity index (χ0n) is 9.51. The van der Waals surface area contributed by atoms with Crippen molar-refractivity contribution in [2.75, 3.05) is 6.54 Å². The minimum atomic E-state index is -0.379. The molecule has 0 aliphatic carbocycles. The number of nitrogens with one attached hydrogen (secondary N) is 1. The number of β-amino-alcohol motifs (C(OH)–C–C–N with tert-alkyl or cyclic N) is 1. The average molecular weight is 249 g/mol. The zero-order valence-corrected chi connectivity index (χ0v) is 9.51. The molecular weight excluding hydrogens is 237 g/mol. The van der Waals surface area contributed by atoms with Crippen molar-refractivity contribution in [2.24, 2.45) is 0 Å². The van der Waals surface area contributed by atoms with E-state index in [-0.39, 0.29) is 18.0 Å². The number of aliphatic hydroxyl groups excluding tert-OH is 1. The van der Waals surface area contributed by atoms with E-state index in [1.165, 1.54) is 12.1 Å². The van der Waals surface area contributed by atoms with Crippen LogP contribution in [0, 0.1) is 5.82 Å². The molecule has 2 heterocycles. The van der Waals surface area contributed by atoms with Crippen molar-refractivity contribution in [3.05, 3.63) is 36.0 Å². The molecule has 1 aromatic carbocycles. The number of aliphatic hydroxyl groups is 1. The van der Waals surface area contributed by atoms with E-state index in [0.29, 0.717) is 30.2 Å². The molecule has 0 unspecified atom stereocenters. The van der Waals surface area contributed by atoms with Gasteiger partial charge in [-0.25, -0.2) is 4.39 Å². The second kappa shape index (κ2) is 4.47. The molecule has 2 atom stereocenters. The monoisotopic (exact) mass is 249 g/mol. The third kappa shape index (κ3) is 2.12. The Bertz CT molecular complexity index is 541. The van der Waals surface area contributed by atoms with Crippen molar-refractivity contribution in [1.29, 1.82) is 0 Å². The van der Waals surface area contributed by atoms with Crippen LogP contribution in [0.15, 0.2) is 28.8 Å². The summed E-state index contributed by atoms with van der Waals surface area (Å²) in [6.45, 7) is 0.527. The maximum Gasteiger partial charge on any atom is 0.244 e. The van der Waals surface area contributed by atoms with Gasteiger partial charge in [0.25, 0.3) is 0 Å². The van der Waals surface area contributed by atoms with E-state index in [4.69, 9.17) is 4.52 Å². The minimum absolute atomic E-state index is 0.110. The highest BCUT2D eigenvalue weighted by atomic mass is 19.1. The molecule has 94 valence electrons. The molecule has 0 bridgehead atoms. The summed E-state index contributed by atoms with van der Waals surface area (Å²) in [4.78, 5) is 4.25. The number of aromatic nitrogens is 2. The Kier molecular flexibility index (Phi) is 2.81. The van der Waals surface area contributed by atoms with Crippen LogP contribution in [-0.2, 0) is 0 Å². The fourth-order valence-corrected chi connectivity index (χ4v) is 2.00. The van der Waals surface area contributed by atoms with Crippen molar-refractivity contribution in [2.45, 2.75) is 18.6 Å². The van der Waals surface area contributed by atoms with Crippen molar-refractivity contribution in [3.63, 3.8) is 0 Å². The summed E-state index contributed by atoms with van der Waals surface area (Å²) in [7, 11) is 0. The molecule has 0 spiro atoms. The highest BCUT2D eigenvalue weighted by molar-refractivity contribution is 5.53. The predicted molar refractivity (Wildman–Crippen MR) is 61.1 cm³/mol. The molecular formula is C12H12FN3O2. The van der Waals surface area contributed by atoms with Crippen LogP contribution in [0.5, 0.6) is 0 Å². The molecule has 18 heavy (non-hydrogen) atoms. The molecule has 2 N–H and O–H groups in total. The van der Waals surface area contributed by atoms with Gasteiger partial charge in [0.05, 0.1) is 12.1 Å². The standard InChI is InChI=1S/C12H12FN3O2/c13-8-3-1-7(2-4-8)11-15-12(18-16-11)10-5-9(17)6-14-10/h1-4,9-10,14,17H,5-6H2/t9-,10+/m1/s1. The molecule has 6 heteroatoms. The topological polar surface area (TPSA) is 71.2 Å². The van der Waals surface area contributed by atoms with E-state index < -0.39 is 0 Å². The average Bonchev–Trinajstić information content (AvgIpc) is 2.98. The molecule has 1 fully saturated rings. The molecule has 1 aliphatic rings. The lowest BCUT2D eigenvalue weighted by Crippen LogP contribution is -2.15. The van der Waals surface area contributed by atoms with Crippen LogP contribution >= 0.6 is 0 Å². The fourth-order valence-electron chi connectivity index (χ4n) is 2.00. The predicted octanol–water partition coefficient (Wildman–Crippen LogP) is 1.27. The highest BCUT2D eigenvalue weighted by Crippen LogP contribution is 2.24. The smallest absolute Gasteiger partial charge is 0.244 e. The summed E-state index contributed by atoms with van der Waals surface area (Å²) in [5.41, 5.74) is 0.699. The van der Waals surface area contributed by atoms with Gasteiger partial charge in [0.15, 0.2) is 0 Å². The third-order valence-electron chi connectivity index (χ3n) is 2.95. The molecule has 0 saturated carbocycles. The Morgan fingerprint density at radius 3 is 2.78 bits per heavy atom. The van der Waals surface area contributed by atoms with E-state index in [2.05, 4.69) is 15.5 Å². The lowest BCUT2D eigenvalue weighted by molar-refractivity contribution is 0.191. The van der Waals surface area contributed by atoms with Crippen molar-refractivity contribution < 1.29 is 14.0 Å². The number of halogens is 1. The Balaban J connectivity index is 1.83. The van der Waals surface area contributed by atoms with Crippen LogP contribution in [0.25, 0.3) is 11.4 Å². The third-order valence-corrected chi connectivity index (χ3v) is 2.95. The fraction of sp³-hybridized carbons (Fsp3) is 0.333. The largest absolute Gasteiger partial charge is 0.392 e. The van der Waals surface area contributed by atoms with Gasteiger partial charge in [-0.15, -0.1) is 0 Å². The van der Waals surface area contributed by atoms with Crippen LogP contribution in [0.2, 0.25) is 0 Å². The van der Waals surface area contributed by atoms with Crippen molar-refractivity contribution in [1.82, 2.24) is 15.5 Å². The van der Waals surface area contributed by atoms with Gasteiger partial charge in [-0.3, -0.25) is 0 Å². The second-order valence-corrected chi connectivity index (χ2v) is 4.31. The SMILES string of the molecule is O[C@H]1CN[C@H](c2nc(-c3ccc(F)cc3)no2)C1. The molecule has 0 radical (unpaired) electrons. The van der Waals surface area contributed by atoms with Crippen LogP contribution in [-0.4, -0.2) is 27.9 Å². The lowest BCUT2D eigenvalue weighted by Gasteiger charge is -2.01. The van der Waals surface area contributed by atoms with Gasteiger partial charge in [-0.05, 0) is 30.7 Å². The second-order valence-electron chi connectivity index (χ2n) is 4.31. The van der Waals surface area contributed by atoms with Gasteiger partial charge >= 0.3 is 0 Å². The van der Waals surface area contributed by atoms with E-state index in [1.807, 2.05) is 0 Å². The number of benzene rings is 1. The Morgan fingerprint density at radius 1 is 1.33 bits per heavy atom. The van der Waals surface area contributed by atoms with Crippen LogP contribution in [0.3, 0.4) is 0 Å². The summed E-state index contributed by atoms with van der Waals surface area (Å²) < 4.78 is 17.9. The molecule has 1 aromatic heterocycles. The maximum absolute atomic E-state index is 12.8. The summed E-state index contributed by atoms with van der Waals surface area (Å²) >= 11 is 0. The first-order chi connectivity index (χ1) is 8.72. The number of nitrogens with zero attached hydrogens (tertiary/aromatic N) is 2. The lowest BCUT2D eigenvalue weighted by atomic mass is 10.2. The van der Waals surface area contributed by atoms with Gasteiger partial charge in [-0.1, -0.05) is 5.16 Å². The van der Waals surface area contributed by atoms with Gasteiger partial charge in [0.2, 0.25) is 11.7 Å². The van der Waals surface area contributed by atoms with Gasteiger partial charge in [-0.2, -0.15) is 4.98 Å². The summed E-state index contributed by atoms with van der Waals surface area (Å²) in [6.07, 6.45) is 0.182. The van der Waals surface area contributed by atoms with E-state index in [0.717, 1.165) is 0 Å². The van der Waals surface area contributed by atoms with Crippen molar-refractivity contribution in [3.8, 4) is 11.4 Å². The van der Waals surface area contributed by atoms with E-state index >= 15 is 0 Å². The van der Waals surface area contributed by atoms with Gasteiger partial charge in [0.1, 0.15) is 5.82 Å². The van der Waals surface area contributed by atoms with Crippen LogP contribution in [0.4, 0.5) is 4.39 Å². The molecule has 3 rings (SSSR count). The molecule has 1 aliphatic heterocycles. The normalized spacial score (nSPS) is 23.4. The van der Waals surface area contributed by atoms with Crippen LogP contribution in [0.1, 0.15) is 18.4 Å². The Hall–Kier alpha value is -1.79. The summed E-state index contributed by atoms with van der Waals surface area (Å²) in [6, 6.07) is 5.79. The summed E-state index contributed by atoms with van der Waals surface area (Å²) in [5, 5.41) is 16.4. The first-order valence-electron chi connectivity index (χ1n) is 5.73. The highest BCUT2D eigenvalue weighted by Gasteiger charge is 2.28. The van der Waals surface area contributed by atoms with E-state index in [9.17, 15) is 9.50 Å².